The maximum absolute atomic E-state index is 14.7. The van der Waals surface area contributed by atoms with Gasteiger partial charge in [0, 0.05) is 97.3 Å². The van der Waals surface area contributed by atoms with Crippen LogP contribution in [-0.4, -0.2) is 115 Å². The Labute approximate surface area is 345 Å². The van der Waals surface area contributed by atoms with Crippen molar-refractivity contribution in [3.8, 4) is 22.5 Å². The number of aryl methyl sites for hydroxylation is 1. The first-order valence-corrected chi connectivity index (χ1v) is 22.6. The number of rotatable bonds is 4. The van der Waals surface area contributed by atoms with Gasteiger partial charge in [0.1, 0.15) is 11.9 Å². The number of likely N-dealkylation sites (N-methyl/N-ethyl adjacent to an activating group) is 1. The molecule has 4 aliphatic heterocycles. The molecule has 1 aliphatic carbocycles. The minimum absolute atomic E-state index is 0.000791. The number of aromatic nitrogens is 3. The number of amides is 1. The zero-order valence-electron chi connectivity index (χ0n) is 33.5. The maximum Gasteiger partial charge on any atom is 0.379 e. The monoisotopic (exact) mass is 824 g/mol. The number of thiazole rings is 1. The summed E-state index contributed by atoms with van der Waals surface area (Å²) in [6.07, 6.45) is 2.99. The smallest absolute Gasteiger partial charge is 0.379 e. The van der Waals surface area contributed by atoms with Crippen molar-refractivity contribution in [1.29, 1.82) is 0 Å². The van der Waals surface area contributed by atoms with Crippen molar-refractivity contribution in [2.75, 3.05) is 58.4 Å². The van der Waals surface area contributed by atoms with Crippen LogP contribution in [0.4, 0.5) is 5.69 Å². The van der Waals surface area contributed by atoms with Gasteiger partial charge in [-0.3, -0.25) is 14.6 Å². The van der Waals surface area contributed by atoms with E-state index in [9.17, 15) is 14.4 Å². The number of hydrazine groups is 1. The van der Waals surface area contributed by atoms with Gasteiger partial charge in [-0.1, -0.05) is 19.9 Å². The lowest BCUT2D eigenvalue weighted by Gasteiger charge is -2.47. The average Bonchev–Trinajstić information content (AvgIpc) is 3.79. The van der Waals surface area contributed by atoms with Crippen LogP contribution in [0, 0.1) is 11.3 Å². The Morgan fingerprint density at radius 3 is 2.65 bits per heavy atom. The molecular weight excluding hydrogens is 775 g/mol. The molecule has 298 valence electrons. The fourth-order valence-corrected chi connectivity index (χ4v) is 13.4. The number of cyclic esters (lactones) is 1. The number of piperazine rings is 1. The van der Waals surface area contributed by atoms with Crippen molar-refractivity contribution >= 4 is 67.5 Å². The molecule has 0 N–H and O–H groups in total. The number of benzene rings is 1. The first-order valence-electron chi connectivity index (χ1n) is 20.1. The van der Waals surface area contributed by atoms with Gasteiger partial charge < -0.3 is 23.8 Å². The van der Waals surface area contributed by atoms with Crippen LogP contribution in [0.3, 0.4) is 0 Å². The molecule has 15 heteroatoms. The quantitative estimate of drug-likeness (QED) is 0.145. The van der Waals surface area contributed by atoms with Crippen molar-refractivity contribution in [2.24, 2.45) is 11.3 Å². The summed E-state index contributed by atoms with van der Waals surface area (Å²) in [6.45, 7) is 13.1. The number of ketones is 1. The van der Waals surface area contributed by atoms with E-state index in [0.29, 0.717) is 31.9 Å². The van der Waals surface area contributed by atoms with Gasteiger partial charge in [0.05, 0.1) is 61.7 Å². The molecule has 5 aliphatic rings. The molecule has 4 aromatic rings. The van der Waals surface area contributed by atoms with E-state index in [1.165, 1.54) is 20.4 Å². The molecule has 1 amide bonds. The Hall–Kier alpha value is -3.89. The van der Waals surface area contributed by atoms with Crippen molar-refractivity contribution < 1.29 is 27.9 Å². The number of hydrogen-bond acceptors (Lipinski definition) is 11. The van der Waals surface area contributed by atoms with Crippen LogP contribution in [-0.2, 0) is 49.2 Å². The highest BCUT2D eigenvalue weighted by atomic mass is 32.1. The largest absolute Gasteiger partial charge is 0.460 e. The van der Waals surface area contributed by atoms with Crippen LogP contribution in [0.25, 0.3) is 33.4 Å². The maximum atomic E-state index is 14.7. The summed E-state index contributed by atoms with van der Waals surface area (Å²) < 4.78 is 16.6. The highest BCUT2D eigenvalue weighted by Crippen LogP contribution is 2.58. The second kappa shape index (κ2) is 14.4. The van der Waals surface area contributed by atoms with Gasteiger partial charge >= 0.3 is 5.97 Å². The highest BCUT2D eigenvalue weighted by molar-refractivity contribution is 7.44. The molecule has 12 nitrogen and oxygen atoms in total. The van der Waals surface area contributed by atoms with E-state index in [1.54, 1.807) is 14.0 Å². The number of ether oxygens (including phenoxy) is 2. The van der Waals surface area contributed by atoms with E-state index in [4.69, 9.17) is 31.9 Å². The lowest BCUT2D eigenvalue weighted by molar-refractivity contribution is -0.676. The second-order valence-corrected chi connectivity index (χ2v) is 20.1. The second-order valence-electron chi connectivity index (χ2n) is 17.1. The fourth-order valence-electron chi connectivity index (χ4n) is 10.0. The van der Waals surface area contributed by atoms with Gasteiger partial charge in [0.25, 0.3) is 24.4 Å². The Morgan fingerprint density at radius 2 is 1.95 bits per heavy atom. The first kappa shape index (κ1) is 38.6. The lowest BCUT2D eigenvalue weighted by atomic mass is 9.67. The van der Waals surface area contributed by atoms with E-state index in [1.807, 2.05) is 6.20 Å². The molecule has 7 heterocycles. The van der Waals surface area contributed by atoms with Crippen molar-refractivity contribution in [1.82, 2.24) is 24.4 Å². The number of carbonyl (C=O) groups is 3. The molecule has 2 radical (unpaired) electrons. The van der Waals surface area contributed by atoms with Crippen LogP contribution < -0.4 is 4.90 Å². The van der Waals surface area contributed by atoms with E-state index >= 15 is 0 Å². The van der Waals surface area contributed by atoms with Gasteiger partial charge in [-0.2, -0.15) is 0 Å². The Kier molecular flexibility index (Phi) is 9.78. The predicted molar refractivity (Wildman–Crippen MR) is 222 cm³/mol. The van der Waals surface area contributed by atoms with Gasteiger partial charge in [0.15, 0.2) is 0 Å². The normalized spacial score (nSPS) is 27.6. The number of fused-ring (bicyclic) bond motifs is 8. The number of nitrogens with zero attached hydrogens (tertiary/aromatic N) is 7. The van der Waals surface area contributed by atoms with Crippen molar-refractivity contribution in [3.05, 3.63) is 52.1 Å². The third-order valence-corrected chi connectivity index (χ3v) is 16.5. The number of methoxy groups -OCH3 is 1. The topological polar surface area (TPSA) is 113 Å². The molecule has 1 spiro atoms. The number of carbonyl (C=O) groups excluding carboxylic acids is 3. The highest BCUT2D eigenvalue weighted by Gasteiger charge is 2.60. The standard InChI is InChI=1S/C42H50N7O5S2Si/c1-7-47-31-11-10-25-17-27(31)34-35(38(53-6)36-28(37(34)47)18-26(20-43-36)46-15-13-45(5)14-16-46)41(3,4)23-54-39(51)32-9-8-12-48(49(32)55)40(52)42(29(22-57-42)24(2)50)19-33-44-30(25)21-56-33/h10-11,17-18,20-21,29,32,35,38H,7-9,12-16,19,22-23H2,1-6H3/q+1/t29?,32-,35?,38-,42-/m0/s1. The SMILES string of the molecule is CCn1c2c3c4cc(ccc41)-c1csc(n1)C[C@@]1([Si]CC1C(C)=O)C(=O)N1CCC[C@@H](C(=O)OCC(C)(C)C3[C@H](OC)c3ncc(N4CCN(C)CC4)cc3-2)[N+]1=S. The zero-order valence-corrected chi connectivity index (χ0v) is 36.2. The average molecular weight is 825 g/mol. The molecule has 3 aromatic heterocycles. The van der Waals surface area contributed by atoms with Gasteiger partial charge in [-0.05, 0) is 61.2 Å². The van der Waals surface area contributed by atoms with E-state index < -0.39 is 34.5 Å². The molecule has 0 saturated carbocycles. The summed E-state index contributed by atoms with van der Waals surface area (Å²) in [5, 5.41) is 4.58. The molecule has 2 unspecified atom stereocenters. The van der Waals surface area contributed by atoms with E-state index in [-0.39, 0.29) is 33.7 Å². The van der Waals surface area contributed by atoms with Crippen LogP contribution in [0.5, 0.6) is 0 Å². The molecule has 6 bridgehead atoms. The number of Topliss-reactive ketones (excluding diaryl/α,β-unsaturated/α-hetero) is 1. The minimum atomic E-state index is -0.939. The summed E-state index contributed by atoms with van der Waals surface area (Å²) in [5.41, 5.74) is 7.61. The summed E-state index contributed by atoms with van der Waals surface area (Å²) in [7, 11) is 4.17. The number of esters is 1. The third kappa shape index (κ3) is 6.13. The summed E-state index contributed by atoms with van der Waals surface area (Å²) in [4.78, 5) is 57.0. The van der Waals surface area contributed by atoms with Crippen molar-refractivity contribution in [3.63, 3.8) is 0 Å². The Balaban J connectivity index is 1.24. The molecule has 3 fully saturated rings. The molecule has 57 heavy (non-hydrogen) atoms. The fraction of sp³-hybridized carbons (Fsp3) is 0.548. The van der Waals surface area contributed by atoms with Gasteiger partial charge in [0.2, 0.25) is 0 Å². The number of pyridine rings is 1. The van der Waals surface area contributed by atoms with Crippen LogP contribution in [0.1, 0.15) is 68.8 Å². The van der Waals surface area contributed by atoms with Crippen molar-refractivity contribution in [2.45, 2.75) is 82.6 Å². The molecular formula is C42H50N7O5S2Si+. The zero-order chi connectivity index (χ0) is 40.0. The summed E-state index contributed by atoms with van der Waals surface area (Å²) >= 11 is 7.43. The van der Waals surface area contributed by atoms with E-state index in [0.717, 1.165) is 88.1 Å². The van der Waals surface area contributed by atoms with Gasteiger partial charge in [-0.15, -0.1) is 16.3 Å². The molecule has 3 saturated heterocycles. The Bertz CT molecular complexity index is 2320. The lowest BCUT2D eigenvalue weighted by Crippen LogP contribution is -2.61. The van der Waals surface area contributed by atoms with Gasteiger partial charge in [-0.25, -0.2) is 9.78 Å². The first-order chi connectivity index (χ1) is 27.4. The summed E-state index contributed by atoms with van der Waals surface area (Å²) in [5.74, 6) is -1.31. The Morgan fingerprint density at radius 1 is 1.16 bits per heavy atom. The van der Waals surface area contributed by atoms with Crippen LogP contribution in [0.15, 0.2) is 35.8 Å². The van der Waals surface area contributed by atoms with Crippen LogP contribution >= 0.6 is 11.3 Å². The number of anilines is 1. The predicted octanol–water partition coefficient (Wildman–Crippen LogP) is 5.66. The molecule has 1 aromatic carbocycles. The third-order valence-electron chi connectivity index (χ3n) is 13.2. The number of hydrogen-bond donors (Lipinski definition) is 0. The summed E-state index contributed by atoms with van der Waals surface area (Å²) in [6, 6.07) is 8.75. The molecule has 5 atom stereocenters. The molecule has 9 rings (SSSR count). The van der Waals surface area contributed by atoms with E-state index in [2.05, 4.69) is 71.8 Å². The van der Waals surface area contributed by atoms with Crippen LogP contribution in [0.2, 0.25) is 11.1 Å². The minimum Gasteiger partial charge on any atom is -0.460 e.